The third-order valence-electron chi connectivity index (χ3n) is 15.0. The first-order valence-electron chi connectivity index (χ1n) is 29.2. The second-order valence-electron chi connectivity index (χ2n) is 20.7. The van der Waals surface area contributed by atoms with Gasteiger partial charge in [0.05, 0.1) is 35.9 Å². The Morgan fingerprint density at radius 3 is 1.41 bits per heavy atom. The molecule has 7 aromatic heterocycles. The van der Waals surface area contributed by atoms with E-state index in [1.54, 1.807) is 49.1 Å². The van der Waals surface area contributed by atoms with Gasteiger partial charge in [0, 0.05) is 106 Å². The van der Waals surface area contributed by atoms with Crippen LogP contribution in [-0.4, -0.2) is 71.3 Å². The van der Waals surface area contributed by atoms with Gasteiger partial charge in [0.25, 0.3) is 0 Å². The molecule has 87 heavy (non-hydrogen) atoms. The van der Waals surface area contributed by atoms with E-state index in [4.69, 9.17) is 23.8 Å². The Bertz CT molecular complexity index is 4160. The lowest BCUT2D eigenvalue weighted by Gasteiger charge is -2.38. The van der Waals surface area contributed by atoms with Crippen molar-refractivity contribution in [3.05, 3.63) is 288 Å². The molecule has 13 rings (SSSR count). The minimum atomic E-state index is -0.681. The number of pyridine rings is 4. The van der Waals surface area contributed by atoms with Crippen LogP contribution < -0.4 is 21.3 Å². The summed E-state index contributed by atoms with van der Waals surface area (Å²) in [4.78, 5) is 36.3. The maximum atomic E-state index is 14.1. The summed E-state index contributed by atoms with van der Waals surface area (Å²) < 4.78 is 42.3. The van der Waals surface area contributed by atoms with Crippen molar-refractivity contribution < 1.29 is 17.6 Å². The van der Waals surface area contributed by atoms with E-state index in [-0.39, 0.29) is 24.7 Å². The molecular weight excluding hydrogens is 1090 g/mol. The number of fused-ring (bicyclic) bond motifs is 2. The summed E-state index contributed by atoms with van der Waals surface area (Å²) >= 11 is 0. The monoisotopic (exact) mass is 1160 g/mol. The highest BCUT2D eigenvalue weighted by molar-refractivity contribution is 5.96. The largest absolute Gasteiger partial charge is 0.440 e. The summed E-state index contributed by atoms with van der Waals surface area (Å²) in [7, 11) is 0. The smallest absolute Gasteiger partial charge is 0.196 e. The fourth-order valence-electron chi connectivity index (χ4n) is 10.8. The molecule has 0 unspecified atom stereocenters. The number of nitrogens with zero attached hydrogens (tertiary/aromatic N) is 9. The summed E-state index contributed by atoms with van der Waals surface area (Å²) in [5, 5.41) is 13.3. The predicted molar refractivity (Wildman–Crippen MR) is 337 cm³/mol. The van der Waals surface area contributed by atoms with E-state index < -0.39 is 5.54 Å². The van der Waals surface area contributed by atoms with Crippen LogP contribution in [0.2, 0.25) is 0 Å². The molecule has 434 valence electrons. The van der Waals surface area contributed by atoms with Crippen LogP contribution in [0.4, 0.5) is 20.4 Å². The number of halogens is 2. The van der Waals surface area contributed by atoms with Gasteiger partial charge in [-0.15, -0.1) is 0 Å². The fourth-order valence-corrected chi connectivity index (χ4v) is 10.8. The fraction of sp³-hybridized carbons (Fsp3) is 0.171. The molecule has 12 aromatic rings. The van der Waals surface area contributed by atoms with Crippen LogP contribution in [0, 0.1) is 11.6 Å². The average Bonchev–Trinajstić information content (AvgIpc) is 2.45. The Morgan fingerprint density at radius 1 is 0.460 bits per heavy atom. The second kappa shape index (κ2) is 27.6. The molecule has 4 N–H and O–H groups in total. The minimum absolute atomic E-state index is 0.185. The maximum absolute atomic E-state index is 14.1. The molecule has 0 fully saturated rings. The zero-order chi connectivity index (χ0) is 59.0. The molecule has 1 aliphatic heterocycles. The number of allylic oxidation sites excluding steroid dienone is 1. The van der Waals surface area contributed by atoms with Crippen LogP contribution in [0.25, 0.3) is 39.2 Å². The van der Waals surface area contributed by atoms with Gasteiger partial charge >= 0.3 is 0 Å². The van der Waals surface area contributed by atoms with Gasteiger partial charge in [-0.25, -0.2) is 33.7 Å². The molecule has 8 heterocycles. The number of oxazole rings is 2. The highest BCUT2D eigenvalue weighted by Gasteiger charge is 2.40. The second-order valence-corrected chi connectivity index (χ2v) is 20.7. The molecule has 1 aliphatic rings. The highest BCUT2D eigenvalue weighted by Crippen LogP contribution is 2.43. The van der Waals surface area contributed by atoms with Crippen molar-refractivity contribution in [3.8, 4) is 11.3 Å². The molecule has 0 atom stereocenters. The zero-order valence-corrected chi connectivity index (χ0v) is 47.7. The van der Waals surface area contributed by atoms with Crippen molar-refractivity contribution in [2.75, 3.05) is 36.8 Å². The summed E-state index contributed by atoms with van der Waals surface area (Å²) in [6.45, 7) is 3.32. The number of hydrogen-bond acceptors (Lipinski definition) is 14. The summed E-state index contributed by atoms with van der Waals surface area (Å²) in [6.07, 6.45) is 14.5. The number of nitrogens with one attached hydrogen (secondary N) is 4. The van der Waals surface area contributed by atoms with E-state index in [9.17, 15) is 8.78 Å². The van der Waals surface area contributed by atoms with Crippen LogP contribution in [0.3, 0.4) is 0 Å². The topological polar surface area (TPSA) is 182 Å². The molecular formula is C70H63F2N13O2. The van der Waals surface area contributed by atoms with Crippen LogP contribution in [0.5, 0.6) is 0 Å². The van der Waals surface area contributed by atoms with Crippen molar-refractivity contribution >= 4 is 45.2 Å². The first kappa shape index (κ1) is 57.1. The minimum Gasteiger partial charge on any atom is -0.440 e. The molecule has 0 amide bonds. The average molecular weight is 1160 g/mol. The van der Waals surface area contributed by atoms with Crippen molar-refractivity contribution in [2.45, 2.75) is 50.7 Å². The molecule has 15 nitrogen and oxygen atoms in total. The van der Waals surface area contributed by atoms with E-state index in [0.717, 1.165) is 71.0 Å². The van der Waals surface area contributed by atoms with Crippen LogP contribution in [0.15, 0.2) is 239 Å². The Morgan fingerprint density at radius 2 is 0.920 bits per heavy atom. The van der Waals surface area contributed by atoms with E-state index >= 15 is 0 Å². The number of rotatable bonds is 24. The molecule has 5 aromatic carbocycles. The van der Waals surface area contributed by atoms with Crippen LogP contribution >= 0.6 is 0 Å². The van der Waals surface area contributed by atoms with Crippen LogP contribution in [0.1, 0.15) is 64.1 Å². The van der Waals surface area contributed by atoms with Gasteiger partial charge in [0.15, 0.2) is 45.6 Å². The lowest BCUT2D eigenvalue weighted by molar-refractivity contribution is 0.484. The number of imidazole rings is 1. The molecule has 0 bridgehead atoms. The van der Waals surface area contributed by atoms with Gasteiger partial charge in [0.2, 0.25) is 0 Å². The Hall–Kier alpha value is -10.4. The first-order chi connectivity index (χ1) is 43.0. The molecule has 0 saturated carbocycles. The van der Waals surface area contributed by atoms with Gasteiger partial charge < -0.3 is 34.7 Å². The molecule has 0 spiro atoms. The van der Waals surface area contributed by atoms with Gasteiger partial charge in [0.1, 0.15) is 23.0 Å². The Balaban J connectivity index is 0.000000187. The molecule has 0 radical (unpaired) electrons. The van der Waals surface area contributed by atoms with Gasteiger partial charge in [-0.2, -0.15) is 0 Å². The number of aliphatic imine (C=N–C) groups is 1. The van der Waals surface area contributed by atoms with Crippen molar-refractivity contribution in [2.24, 2.45) is 4.99 Å². The Labute approximate surface area is 502 Å². The maximum Gasteiger partial charge on any atom is 0.196 e. The third-order valence-corrected chi connectivity index (χ3v) is 15.0. The number of anilines is 2. The van der Waals surface area contributed by atoms with E-state index in [2.05, 4.69) is 190 Å². The summed E-state index contributed by atoms with van der Waals surface area (Å²) in [5.74, 6) is 2.53. The number of aromatic nitrogens is 8. The molecule has 17 heteroatoms. The lowest BCUT2D eigenvalue weighted by atomic mass is 9.76. The van der Waals surface area contributed by atoms with E-state index in [0.29, 0.717) is 89.4 Å². The number of hydrogen-bond donors (Lipinski definition) is 4. The molecule has 0 saturated heterocycles. The first-order valence-corrected chi connectivity index (χ1v) is 29.2. The number of benzene rings is 5. The normalized spacial score (nSPS) is 12.2. The highest BCUT2D eigenvalue weighted by atomic mass is 19.1. The summed E-state index contributed by atoms with van der Waals surface area (Å²) in [5.41, 5.74) is 11.3. The van der Waals surface area contributed by atoms with Gasteiger partial charge in [-0.1, -0.05) is 158 Å². The standard InChI is InChI=1S/C44H38FN7O.C26H25FN6O/c45-36-22-13-26-47-37(36)30-49-43-42-39(23-29-48-43)53-41(51-42)25-28-46-27-24-40-50-38(32-14-5-1-6-15-32)31-52(40)44(33-16-7-2-8-17-33,34-18-9-3-10-19-34)35-20-11-4-12-21-35;27-20-7-4-13-29-22(20)17-31-26-25-23(11-16-30-26)34-24(33-25)12-15-28-14-10-19-8-9-21(32-19)18-5-2-1-3-6-18/h1-23,26,29,31,46H,24-25,27-28,30H2,(H,48,49);1-7,9,11,13,16,28H,8,10,12,14-15,17H2,(H,30,31). The van der Waals surface area contributed by atoms with Crippen LogP contribution in [-0.2, 0) is 37.9 Å². The predicted octanol–water partition coefficient (Wildman–Crippen LogP) is 13.2. The SMILES string of the molecule is Fc1cccnc1CNc1nccc2oc(CCNCCC3=NC(c4ccccc4)=CC3)nc12.Fc1cccnc1CNc1nccc2oc(CCNCCc3nc(-c4ccccc4)cn3C(c3ccccc3)(c3ccccc3)c3ccccc3)nc12. The Kier molecular flexibility index (Phi) is 18.1. The van der Waals surface area contributed by atoms with Gasteiger partial charge in [-0.05, 0) is 52.9 Å². The third kappa shape index (κ3) is 13.4. The van der Waals surface area contributed by atoms with Crippen molar-refractivity contribution in [3.63, 3.8) is 0 Å². The quantitative estimate of drug-likeness (QED) is 0.0332. The van der Waals surface area contributed by atoms with Crippen molar-refractivity contribution in [1.82, 2.24) is 50.1 Å². The molecule has 0 aliphatic carbocycles. The summed E-state index contributed by atoms with van der Waals surface area (Å²) in [6, 6.07) is 62.1. The van der Waals surface area contributed by atoms with Gasteiger partial charge in [-0.3, -0.25) is 15.0 Å². The zero-order valence-electron chi connectivity index (χ0n) is 47.7. The van der Waals surface area contributed by atoms with Crippen molar-refractivity contribution in [1.29, 1.82) is 0 Å². The van der Waals surface area contributed by atoms with E-state index in [1.807, 2.05) is 24.3 Å². The lowest BCUT2D eigenvalue weighted by Crippen LogP contribution is -2.39. The van der Waals surface area contributed by atoms with E-state index in [1.165, 1.54) is 17.8 Å².